The molecule has 0 atom stereocenters. The topological polar surface area (TPSA) is 55.7 Å². The third kappa shape index (κ3) is 5.12. The van der Waals surface area contributed by atoms with Crippen molar-refractivity contribution in [3.8, 4) is 45.0 Å². The van der Waals surface area contributed by atoms with Gasteiger partial charge in [-0.3, -0.25) is 4.79 Å². The average molecular weight is 590 g/mol. The van der Waals surface area contributed by atoms with E-state index in [2.05, 4.69) is 66.7 Å². The molecule has 0 aliphatic carbocycles. The molecule has 0 saturated heterocycles. The van der Waals surface area contributed by atoms with Crippen LogP contribution in [0.3, 0.4) is 0 Å². The van der Waals surface area contributed by atoms with Crippen LogP contribution in [0, 0.1) is 0 Å². The van der Waals surface area contributed by atoms with Crippen molar-refractivity contribution in [2.75, 3.05) is 0 Å². The lowest BCUT2D eigenvalue weighted by Crippen LogP contribution is -2.11. The number of aromatic nitrogens is 3. The zero-order valence-electron chi connectivity index (χ0n) is 24.8. The Bertz CT molecular complexity index is 2220. The monoisotopic (exact) mass is 589 g/mol. The molecular weight excluding hydrogens is 562 g/mol. The Morgan fingerprint density at radius 2 is 0.826 bits per heavy atom. The van der Waals surface area contributed by atoms with E-state index >= 15 is 0 Å². The first kappa shape index (κ1) is 27.3. The van der Waals surface area contributed by atoms with Gasteiger partial charge >= 0.3 is 0 Å². The Kier molecular flexibility index (Phi) is 6.93. The van der Waals surface area contributed by atoms with Gasteiger partial charge < -0.3 is 0 Å². The van der Waals surface area contributed by atoms with E-state index in [4.69, 9.17) is 15.0 Å². The molecule has 1 heterocycles. The number of fused-ring (bicyclic) bond motifs is 2. The van der Waals surface area contributed by atoms with Crippen LogP contribution < -0.4 is 0 Å². The van der Waals surface area contributed by atoms with E-state index in [0.717, 1.165) is 54.9 Å². The van der Waals surface area contributed by atoms with Gasteiger partial charge in [0, 0.05) is 16.7 Å². The van der Waals surface area contributed by atoms with Crippen LogP contribution in [-0.2, 0) is 0 Å². The highest BCUT2D eigenvalue weighted by Crippen LogP contribution is 2.36. The molecule has 1 aromatic heterocycles. The molecule has 0 bridgehead atoms. The van der Waals surface area contributed by atoms with Gasteiger partial charge in [-0.05, 0) is 62.0 Å². The number of hydrogen-bond donors (Lipinski definition) is 0. The number of rotatable bonds is 6. The van der Waals surface area contributed by atoms with E-state index in [9.17, 15) is 4.79 Å². The van der Waals surface area contributed by atoms with Gasteiger partial charge in [0.25, 0.3) is 0 Å². The van der Waals surface area contributed by atoms with Gasteiger partial charge in [0.2, 0.25) is 11.6 Å². The molecular formula is C42H27N3O. The fourth-order valence-electron chi connectivity index (χ4n) is 6.06. The lowest BCUT2D eigenvalue weighted by atomic mass is 9.90. The van der Waals surface area contributed by atoms with Crippen molar-refractivity contribution < 1.29 is 4.79 Å². The smallest absolute Gasteiger partial charge is 0.230 e. The summed E-state index contributed by atoms with van der Waals surface area (Å²) in [5.41, 5.74) is 6.16. The van der Waals surface area contributed by atoms with Gasteiger partial charge in [0.1, 0.15) is 0 Å². The molecule has 0 aliphatic rings. The summed E-state index contributed by atoms with van der Waals surface area (Å²) in [5, 5.41) is 4.52. The molecule has 4 nitrogen and oxygen atoms in total. The van der Waals surface area contributed by atoms with Crippen LogP contribution >= 0.6 is 0 Å². The first-order chi connectivity index (χ1) is 22.7. The molecule has 8 rings (SSSR count). The number of benzene rings is 7. The van der Waals surface area contributed by atoms with Crippen molar-refractivity contribution in [3.05, 3.63) is 175 Å². The Labute approximate surface area is 266 Å². The molecule has 7 aromatic carbocycles. The molecule has 4 heteroatoms. The van der Waals surface area contributed by atoms with Gasteiger partial charge in [-0.15, -0.1) is 0 Å². The Morgan fingerprint density at radius 3 is 1.33 bits per heavy atom. The van der Waals surface area contributed by atoms with E-state index < -0.39 is 0 Å². The van der Waals surface area contributed by atoms with Crippen molar-refractivity contribution in [1.82, 2.24) is 15.0 Å². The molecule has 0 spiro atoms. The van der Waals surface area contributed by atoms with E-state index in [1.807, 2.05) is 97.1 Å². The van der Waals surface area contributed by atoms with Gasteiger partial charge in [0.05, 0.1) is 0 Å². The first-order valence-corrected chi connectivity index (χ1v) is 15.2. The van der Waals surface area contributed by atoms with E-state index in [-0.39, 0.29) is 11.6 Å². The third-order valence-corrected chi connectivity index (χ3v) is 8.30. The maximum atomic E-state index is 14.6. The van der Waals surface area contributed by atoms with Gasteiger partial charge in [0.15, 0.2) is 11.6 Å². The highest BCUT2D eigenvalue weighted by Gasteiger charge is 2.20. The number of carbonyl (C=O) groups is 1. The Hall–Kier alpha value is -6.26. The lowest BCUT2D eigenvalue weighted by molar-refractivity contribution is 0.102. The van der Waals surface area contributed by atoms with Crippen molar-refractivity contribution in [2.24, 2.45) is 0 Å². The summed E-state index contributed by atoms with van der Waals surface area (Å²) in [7, 11) is 0. The van der Waals surface area contributed by atoms with Crippen LogP contribution in [0.15, 0.2) is 164 Å². The summed E-state index contributed by atoms with van der Waals surface area (Å²) >= 11 is 0. The molecule has 0 amide bonds. The maximum Gasteiger partial charge on any atom is 0.230 e. The van der Waals surface area contributed by atoms with Crippen LogP contribution in [0.25, 0.3) is 66.6 Å². The number of carbonyl (C=O) groups excluding carboxylic acids is 1. The van der Waals surface area contributed by atoms with Crippen LogP contribution in [0.5, 0.6) is 0 Å². The minimum atomic E-state index is -0.264. The quantitative estimate of drug-likeness (QED) is 0.181. The van der Waals surface area contributed by atoms with Crippen LogP contribution in [0.2, 0.25) is 0 Å². The molecule has 0 N–H and O–H groups in total. The number of hydrogen-bond acceptors (Lipinski definition) is 4. The maximum absolute atomic E-state index is 14.6. The van der Waals surface area contributed by atoms with E-state index in [1.54, 1.807) is 0 Å². The minimum absolute atomic E-state index is 0.103. The van der Waals surface area contributed by atoms with Gasteiger partial charge in [-0.2, -0.15) is 0 Å². The predicted octanol–water partition coefficient (Wildman–Crippen LogP) is 10.1. The predicted molar refractivity (Wildman–Crippen MR) is 186 cm³/mol. The van der Waals surface area contributed by atoms with E-state index in [1.165, 1.54) is 0 Å². The summed E-state index contributed by atoms with van der Waals surface area (Å²) < 4.78 is 0. The highest BCUT2D eigenvalue weighted by atomic mass is 16.1. The fourth-order valence-corrected chi connectivity index (χ4v) is 6.06. The minimum Gasteiger partial charge on any atom is -0.285 e. The number of nitrogens with zero attached hydrogens (tertiary/aromatic N) is 3. The Balaban J connectivity index is 1.35. The second kappa shape index (κ2) is 11.7. The Morgan fingerprint density at radius 1 is 0.391 bits per heavy atom. The molecule has 0 saturated carbocycles. The molecule has 0 fully saturated rings. The lowest BCUT2D eigenvalue weighted by Gasteiger charge is -2.14. The standard InChI is InChI=1S/C42H27N3O/c46-39(42-44-40(30-15-3-1-4-16-30)43-41(45-42)31-17-5-2-6-18-31)34-26-32(37-23-11-19-28-13-7-9-21-35(28)37)25-33(27-34)38-24-12-20-29-14-8-10-22-36(29)38/h1-27H. The summed E-state index contributed by atoms with van der Waals surface area (Å²) in [6.07, 6.45) is 0. The summed E-state index contributed by atoms with van der Waals surface area (Å²) in [6.45, 7) is 0. The van der Waals surface area contributed by atoms with Crippen LogP contribution in [0.1, 0.15) is 16.2 Å². The zero-order chi connectivity index (χ0) is 30.9. The first-order valence-electron chi connectivity index (χ1n) is 15.2. The molecule has 46 heavy (non-hydrogen) atoms. The van der Waals surface area contributed by atoms with Crippen LogP contribution in [-0.4, -0.2) is 20.7 Å². The zero-order valence-corrected chi connectivity index (χ0v) is 24.8. The molecule has 0 aliphatic heterocycles. The summed E-state index contributed by atoms with van der Waals surface area (Å²) in [6, 6.07) is 54.8. The molecule has 216 valence electrons. The van der Waals surface area contributed by atoms with Crippen molar-refractivity contribution in [3.63, 3.8) is 0 Å². The average Bonchev–Trinajstić information content (AvgIpc) is 3.14. The van der Waals surface area contributed by atoms with Crippen molar-refractivity contribution >= 4 is 27.3 Å². The van der Waals surface area contributed by atoms with Crippen LogP contribution in [0.4, 0.5) is 0 Å². The van der Waals surface area contributed by atoms with E-state index in [0.29, 0.717) is 17.2 Å². The molecule has 0 unspecified atom stereocenters. The summed E-state index contributed by atoms with van der Waals surface area (Å²) in [5.74, 6) is 0.751. The molecule has 8 aromatic rings. The highest BCUT2D eigenvalue weighted by molar-refractivity contribution is 6.10. The molecule has 0 radical (unpaired) electrons. The van der Waals surface area contributed by atoms with Gasteiger partial charge in [-0.1, -0.05) is 146 Å². The van der Waals surface area contributed by atoms with Crippen molar-refractivity contribution in [2.45, 2.75) is 0 Å². The fraction of sp³-hybridized carbons (Fsp3) is 0. The summed E-state index contributed by atoms with van der Waals surface area (Å²) in [4.78, 5) is 28.8. The normalized spacial score (nSPS) is 11.1. The van der Waals surface area contributed by atoms with Gasteiger partial charge in [-0.25, -0.2) is 15.0 Å². The second-order valence-corrected chi connectivity index (χ2v) is 11.2. The second-order valence-electron chi connectivity index (χ2n) is 11.2. The SMILES string of the molecule is O=C(c1cc(-c2cccc3ccccc23)cc(-c2cccc3ccccc23)c1)c1nc(-c2ccccc2)nc(-c2ccccc2)n1. The largest absolute Gasteiger partial charge is 0.285 e. The number of ketones is 1. The third-order valence-electron chi connectivity index (χ3n) is 8.30. The van der Waals surface area contributed by atoms with Crippen molar-refractivity contribution in [1.29, 1.82) is 0 Å².